The topological polar surface area (TPSA) is 25.8 Å². The third-order valence-electron chi connectivity index (χ3n) is 3.25. The lowest BCUT2D eigenvalue weighted by molar-refractivity contribution is 0.935. The molecule has 110 valence electrons. The van der Waals surface area contributed by atoms with Crippen LogP contribution < -0.4 is 0 Å². The standard InChI is InChI=1S/C18H15ClN2S/c1-13-3-2-4-14(11-13)12-22-18-10-9-17(20-21-18)15-5-7-16(19)8-6-15/h2-11H,12H2,1H3. The van der Waals surface area contributed by atoms with E-state index in [0.29, 0.717) is 0 Å². The molecule has 2 nitrogen and oxygen atoms in total. The van der Waals surface area contributed by atoms with Gasteiger partial charge in [0.15, 0.2) is 0 Å². The Kier molecular flexibility index (Phi) is 4.76. The van der Waals surface area contributed by atoms with E-state index in [9.17, 15) is 0 Å². The smallest absolute Gasteiger partial charge is 0.119 e. The largest absolute Gasteiger partial charge is 0.149 e. The first kappa shape index (κ1) is 15.1. The highest BCUT2D eigenvalue weighted by Crippen LogP contribution is 2.23. The summed E-state index contributed by atoms with van der Waals surface area (Å²) < 4.78 is 0. The van der Waals surface area contributed by atoms with Gasteiger partial charge in [-0.05, 0) is 36.8 Å². The maximum atomic E-state index is 5.90. The normalized spacial score (nSPS) is 10.6. The van der Waals surface area contributed by atoms with E-state index < -0.39 is 0 Å². The molecular weight excluding hydrogens is 312 g/mol. The molecule has 1 heterocycles. The number of halogens is 1. The Balaban J connectivity index is 1.68. The highest BCUT2D eigenvalue weighted by Gasteiger charge is 2.03. The molecular formula is C18H15ClN2S. The number of aryl methyl sites for hydroxylation is 1. The second kappa shape index (κ2) is 6.95. The highest BCUT2D eigenvalue weighted by atomic mass is 35.5. The van der Waals surface area contributed by atoms with Crippen molar-refractivity contribution in [3.05, 3.63) is 76.8 Å². The van der Waals surface area contributed by atoms with Crippen molar-refractivity contribution in [2.75, 3.05) is 0 Å². The van der Waals surface area contributed by atoms with Gasteiger partial charge in [0.1, 0.15) is 5.03 Å². The average molecular weight is 327 g/mol. The molecule has 0 spiro atoms. The fourth-order valence-electron chi connectivity index (χ4n) is 2.13. The summed E-state index contributed by atoms with van der Waals surface area (Å²) in [7, 11) is 0. The number of hydrogen-bond acceptors (Lipinski definition) is 3. The zero-order valence-corrected chi connectivity index (χ0v) is 13.7. The molecule has 22 heavy (non-hydrogen) atoms. The summed E-state index contributed by atoms with van der Waals surface area (Å²) in [4.78, 5) is 0. The lowest BCUT2D eigenvalue weighted by atomic mass is 10.1. The van der Waals surface area contributed by atoms with Crippen LogP contribution in [0.25, 0.3) is 11.3 Å². The van der Waals surface area contributed by atoms with E-state index in [0.717, 1.165) is 27.1 Å². The predicted octanol–water partition coefficient (Wildman–Crippen LogP) is 5.40. The van der Waals surface area contributed by atoms with Crippen LogP contribution in [0, 0.1) is 6.92 Å². The van der Waals surface area contributed by atoms with E-state index in [4.69, 9.17) is 11.6 Å². The van der Waals surface area contributed by atoms with Crippen LogP contribution in [0.3, 0.4) is 0 Å². The van der Waals surface area contributed by atoms with Crippen LogP contribution in [0.15, 0.2) is 65.7 Å². The molecule has 0 aliphatic heterocycles. The number of thioether (sulfide) groups is 1. The Morgan fingerprint density at radius 1 is 0.955 bits per heavy atom. The molecule has 0 unspecified atom stereocenters. The van der Waals surface area contributed by atoms with E-state index in [1.165, 1.54) is 11.1 Å². The van der Waals surface area contributed by atoms with Crippen molar-refractivity contribution in [1.82, 2.24) is 10.2 Å². The molecule has 4 heteroatoms. The maximum Gasteiger partial charge on any atom is 0.119 e. The molecule has 1 aromatic heterocycles. The molecule has 0 aliphatic rings. The van der Waals surface area contributed by atoms with Gasteiger partial charge in [-0.1, -0.05) is 65.3 Å². The fourth-order valence-corrected chi connectivity index (χ4v) is 3.01. The summed E-state index contributed by atoms with van der Waals surface area (Å²) in [5, 5.41) is 10.2. The van der Waals surface area contributed by atoms with E-state index in [1.807, 2.05) is 36.4 Å². The van der Waals surface area contributed by atoms with Crippen molar-refractivity contribution in [3.63, 3.8) is 0 Å². The summed E-state index contributed by atoms with van der Waals surface area (Å²) in [5.74, 6) is 0.899. The van der Waals surface area contributed by atoms with E-state index in [2.05, 4.69) is 41.4 Å². The third-order valence-corrected chi connectivity index (χ3v) is 4.49. The maximum absolute atomic E-state index is 5.90. The zero-order valence-electron chi connectivity index (χ0n) is 12.2. The van der Waals surface area contributed by atoms with Crippen molar-refractivity contribution in [2.24, 2.45) is 0 Å². The minimum absolute atomic E-state index is 0.724. The quantitative estimate of drug-likeness (QED) is 0.600. The first-order valence-corrected chi connectivity index (χ1v) is 8.35. The molecule has 0 saturated carbocycles. The molecule has 0 amide bonds. The predicted molar refractivity (Wildman–Crippen MR) is 93.2 cm³/mol. The summed E-state index contributed by atoms with van der Waals surface area (Å²) in [6.07, 6.45) is 0. The molecule has 0 N–H and O–H groups in total. The fraction of sp³-hybridized carbons (Fsp3) is 0.111. The summed E-state index contributed by atoms with van der Waals surface area (Å²) in [6.45, 7) is 2.11. The molecule has 0 saturated heterocycles. The van der Waals surface area contributed by atoms with Gasteiger partial charge in [-0.25, -0.2) is 0 Å². The molecule has 0 aliphatic carbocycles. The van der Waals surface area contributed by atoms with Crippen LogP contribution in [-0.2, 0) is 5.75 Å². The molecule has 2 aromatic carbocycles. The van der Waals surface area contributed by atoms with Crippen LogP contribution in [0.2, 0.25) is 5.02 Å². The Morgan fingerprint density at radius 3 is 2.45 bits per heavy atom. The SMILES string of the molecule is Cc1cccc(CSc2ccc(-c3ccc(Cl)cc3)nn2)c1. The average Bonchev–Trinajstić information content (AvgIpc) is 2.54. The highest BCUT2D eigenvalue weighted by molar-refractivity contribution is 7.98. The summed E-state index contributed by atoms with van der Waals surface area (Å²) >= 11 is 7.59. The molecule has 0 fully saturated rings. The van der Waals surface area contributed by atoms with Crippen LogP contribution in [0.4, 0.5) is 0 Å². The lowest BCUT2D eigenvalue weighted by Crippen LogP contribution is -1.90. The zero-order chi connectivity index (χ0) is 15.4. The van der Waals surface area contributed by atoms with E-state index in [-0.39, 0.29) is 0 Å². The van der Waals surface area contributed by atoms with Crippen LogP contribution in [-0.4, -0.2) is 10.2 Å². The van der Waals surface area contributed by atoms with Gasteiger partial charge in [-0.2, -0.15) is 0 Å². The minimum atomic E-state index is 0.724. The van der Waals surface area contributed by atoms with Gasteiger partial charge in [0.05, 0.1) is 5.69 Å². The van der Waals surface area contributed by atoms with Gasteiger partial charge in [-0.3, -0.25) is 0 Å². The van der Waals surface area contributed by atoms with Crippen LogP contribution in [0.5, 0.6) is 0 Å². The lowest BCUT2D eigenvalue weighted by Gasteiger charge is -2.04. The number of aromatic nitrogens is 2. The van der Waals surface area contributed by atoms with Gasteiger partial charge in [0.25, 0.3) is 0 Å². The summed E-state index contributed by atoms with van der Waals surface area (Å²) in [5.41, 5.74) is 4.46. The van der Waals surface area contributed by atoms with Gasteiger partial charge < -0.3 is 0 Å². The Bertz CT molecular complexity index is 755. The second-order valence-electron chi connectivity index (χ2n) is 5.04. The number of hydrogen-bond donors (Lipinski definition) is 0. The minimum Gasteiger partial charge on any atom is -0.149 e. The third kappa shape index (κ3) is 3.87. The van der Waals surface area contributed by atoms with Crippen LogP contribution >= 0.6 is 23.4 Å². The van der Waals surface area contributed by atoms with Crippen molar-refractivity contribution < 1.29 is 0 Å². The van der Waals surface area contributed by atoms with Gasteiger partial charge in [0.2, 0.25) is 0 Å². The van der Waals surface area contributed by atoms with Crippen molar-refractivity contribution >= 4 is 23.4 Å². The molecule has 0 bridgehead atoms. The van der Waals surface area contributed by atoms with Gasteiger partial charge >= 0.3 is 0 Å². The van der Waals surface area contributed by atoms with E-state index >= 15 is 0 Å². The Labute approximate surface area is 139 Å². The van der Waals surface area contributed by atoms with Crippen molar-refractivity contribution in [2.45, 2.75) is 17.7 Å². The Morgan fingerprint density at radius 2 is 1.77 bits per heavy atom. The second-order valence-corrected chi connectivity index (χ2v) is 6.47. The molecule has 0 atom stereocenters. The van der Waals surface area contributed by atoms with Crippen molar-refractivity contribution in [3.8, 4) is 11.3 Å². The first-order chi connectivity index (χ1) is 10.7. The van der Waals surface area contributed by atoms with E-state index in [1.54, 1.807) is 11.8 Å². The first-order valence-electron chi connectivity index (χ1n) is 6.99. The number of rotatable bonds is 4. The molecule has 3 rings (SSSR count). The van der Waals surface area contributed by atoms with Crippen LogP contribution in [0.1, 0.15) is 11.1 Å². The number of nitrogens with zero attached hydrogens (tertiary/aromatic N) is 2. The van der Waals surface area contributed by atoms with Gasteiger partial charge in [0, 0.05) is 16.3 Å². The molecule has 3 aromatic rings. The van der Waals surface area contributed by atoms with Crippen molar-refractivity contribution in [1.29, 1.82) is 0 Å². The monoisotopic (exact) mass is 326 g/mol. The Hall–Kier alpha value is -1.84. The molecule has 0 radical (unpaired) electrons. The summed E-state index contributed by atoms with van der Waals surface area (Å²) in [6, 6.07) is 20.1. The van der Waals surface area contributed by atoms with Gasteiger partial charge in [-0.15, -0.1) is 10.2 Å². The number of benzene rings is 2.